The molecule has 1 saturated heterocycles. The van der Waals surface area contributed by atoms with Crippen LogP contribution in [0.5, 0.6) is 0 Å². The van der Waals surface area contributed by atoms with Crippen molar-refractivity contribution in [1.29, 1.82) is 0 Å². The Morgan fingerprint density at radius 1 is 1.28 bits per heavy atom. The number of epoxide rings is 1. The van der Waals surface area contributed by atoms with E-state index in [1.54, 1.807) is 0 Å². The predicted molar refractivity (Wildman–Crippen MR) is 83.3 cm³/mol. The third kappa shape index (κ3) is 5.11. The largest absolute Gasteiger partial charge is 0.362 e. The summed E-state index contributed by atoms with van der Waals surface area (Å²) in [6.45, 7) is 10.3. The van der Waals surface area contributed by atoms with Crippen molar-refractivity contribution in [2.24, 2.45) is 0 Å². The highest BCUT2D eigenvalue weighted by Gasteiger charge is 2.48. The summed E-state index contributed by atoms with van der Waals surface area (Å²) in [5, 5.41) is 0.959. The van der Waals surface area contributed by atoms with Gasteiger partial charge in [0.25, 0.3) is 0 Å². The summed E-state index contributed by atoms with van der Waals surface area (Å²) in [4.78, 5) is 0. The fourth-order valence-corrected chi connectivity index (χ4v) is 2.59. The van der Waals surface area contributed by atoms with Crippen LogP contribution in [0.15, 0.2) is 36.0 Å². The maximum atomic E-state index is 5.62. The van der Waals surface area contributed by atoms with Crippen molar-refractivity contribution in [3.63, 3.8) is 0 Å². The highest BCUT2D eigenvalue weighted by molar-refractivity contribution is 9.09. The molecule has 1 aliphatic heterocycles. The van der Waals surface area contributed by atoms with Crippen LogP contribution in [0.4, 0.5) is 0 Å². The van der Waals surface area contributed by atoms with Crippen LogP contribution in [0.2, 0.25) is 0 Å². The van der Waals surface area contributed by atoms with Gasteiger partial charge in [0.1, 0.15) is 5.60 Å². The molecule has 0 N–H and O–H groups in total. The maximum Gasteiger partial charge on any atom is 0.110 e. The minimum absolute atomic E-state index is 0.0461. The normalized spacial score (nSPS) is 28.3. The lowest BCUT2D eigenvalue weighted by atomic mass is 10.0. The molecule has 18 heavy (non-hydrogen) atoms. The first-order chi connectivity index (χ1) is 8.51. The van der Waals surface area contributed by atoms with Gasteiger partial charge in [-0.3, -0.25) is 0 Å². The van der Waals surface area contributed by atoms with Gasteiger partial charge in [-0.1, -0.05) is 45.3 Å². The lowest BCUT2D eigenvalue weighted by Gasteiger charge is -2.02. The number of ether oxygens (including phenoxy) is 1. The van der Waals surface area contributed by atoms with Gasteiger partial charge in [0.2, 0.25) is 0 Å². The van der Waals surface area contributed by atoms with Gasteiger partial charge in [-0.15, -0.1) is 6.58 Å². The number of hydrogen-bond donors (Lipinski definition) is 0. The van der Waals surface area contributed by atoms with E-state index in [9.17, 15) is 0 Å². The van der Waals surface area contributed by atoms with E-state index in [0.29, 0.717) is 6.10 Å². The van der Waals surface area contributed by atoms with Crippen LogP contribution in [0.1, 0.15) is 46.5 Å². The minimum atomic E-state index is -0.0461. The molecular formula is C16H25BrO. The van der Waals surface area contributed by atoms with Gasteiger partial charge in [-0.05, 0) is 46.5 Å². The SMILES string of the molecule is C=C[C@]1(C)O[C@H]1CC/C(C)=C/CC/C(C)=C/CBr. The molecule has 0 saturated carbocycles. The zero-order chi connectivity index (χ0) is 13.6. The average molecular weight is 313 g/mol. The van der Waals surface area contributed by atoms with E-state index >= 15 is 0 Å². The molecule has 1 heterocycles. The first-order valence-corrected chi connectivity index (χ1v) is 7.82. The van der Waals surface area contributed by atoms with E-state index < -0.39 is 0 Å². The summed E-state index contributed by atoms with van der Waals surface area (Å²) in [5.41, 5.74) is 2.89. The van der Waals surface area contributed by atoms with E-state index in [2.05, 4.69) is 55.4 Å². The second-order valence-corrected chi connectivity index (χ2v) is 5.97. The molecule has 0 radical (unpaired) electrons. The molecule has 2 heteroatoms. The van der Waals surface area contributed by atoms with E-state index in [-0.39, 0.29) is 5.60 Å². The summed E-state index contributed by atoms with van der Waals surface area (Å²) in [6.07, 6.45) is 11.4. The van der Waals surface area contributed by atoms with Crippen LogP contribution in [0.25, 0.3) is 0 Å². The molecule has 102 valence electrons. The summed E-state index contributed by atoms with van der Waals surface area (Å²) in [6, 6.07) is 0. The highest BCUT2D eigenvalue weighted by atomic mass is 79.9. The molecule has 0 aromatic heterocycles. The summed E-state index contributed by atoms with van der Waals surface area (Å²) in [5.74, 6) is 0. The topological polar surface area (TPSA) is 12.5 Å². The Kier molecular flexibility index (Phi) is 6.37. The Morgan fingerprint density at radius 2 is 1.94 bits per heavy atom. The molecule has 0 spiro atoms. The highest BCUT2D eigenvalue weighted by Crippen LogP contribution is 2.40. The Bertz CT molecular complexity index is 343. The third-order valence-corrected chi connectivity index (χ3v) is 3.97. The van der Waals surface area contributed by atoms with Crippen LogP contribution in [-0.4, -0.2) is 17.0 Å². The van der Waals surface area contributed by atoms with Crippen molar-refractivity contribution in [2.75, 3.05) is 5.33 Å². The zero-order valence-corrected chi connectivity index (χ0v) is 13.4. The molecule has 0 bridgehead atoms. The van der Waals surface area contributed by atoms with Crippen LogP contribution < -0.4 is 0 Å². The van der Waals surface area contributed by atoms with E-state index in [0.717, 1.165) is 31.0 Å². The van der Waals surface area contributed by atoms with Crippen LogP contribution >= 0.6 is 15.9 Å². The Labute approximate surface area is 120 Å². The second kappa shape index (κ2) is 7.30. The number of hydrogen-bond acceptors (Lipinski definition) is 1. The van der Waals surface area contributed by atoms with E-state index in [1.165, 1.54) is 11.1 Å². The van der Waals surface area contributed by atoms with Crippen molar-refractivity contribution in [3.05, 3.63) is 36.0 Å². The molecule has 1 rings (SSSR count). The lowest BCUT2D eigenvalue weighted by Crippen LogP contribution is -2.04. The Balaban J connectivity index is 2.19. The predicted octanol–water partition coefficient (Wildman–Crippen LogP) is 5.18. The molecule has 0 aromatic carbocycles. The standard InChI is InChI=1S/C16H25BrO/c1-5-16(4)15(18-16)10-9-13(2)7-6-8-14(3)11-12-17/h5,7,11,15H,1,6,8-10,12H2,2-4H3/b13-7+,14-11+/t15-,16-/m0/s1. The van der Waals surface area contributed by atoms with Gasteiger partial charge in [0, 0.05) is 5.33 Å². The minimum Gasteiger partial charge on any atom is -0.362 e. The monoisotopic (exact) mass is 312 g/mol. The van der Waals surface area contributed by atoms with Crippen molar-refractivity contribution >= 4 is 15.9 Å². The number of allylic oxidation sites excluding steroid dienone is 4. The molecule has 1 nitrogen and oxygen atoms in total. The maximum absolute atomic E-state index is 5.62. The van der Waals surface area contributed by atoms with Crippen molar-refractivity contribution in [1.82, 2.24) is 0 Å². The summed E-state index contributed by atoms with van der Waals surface area (Å²) in [7, 11) is 0. The lowest BCUT2D eigenvalue weighted by molar-refractivity contribution is 0.338. The molecular weight excluding hydrogens is 288 g/mol. The number of halogens is 1. The van der Waals surface area contributed by atoms with Gasteiger partial charge < -0.3 is 4.74 Å². The van der Waals surface area contributed by atoms with Gasteiger partial charge >= 0.3 is 0 Å². The van der Waals surface area contributed by atoms with Gasteiger partial charge in [0.15, 0.2) is 0 Å². The number of alkyl halides is 1. The van der Waals surface area contributed by atoms with E-state index in [1.807, 2.05) is 6.08 Å². The molecule has 1 aliphatic rings. The average Bonchev–Trinajstić information content (AvgIpc) is 2.99. The number of rotatable bonds is 8. The first kappa shape index (κ1) is 15.7. The molecule has 0 amide bonds. The first-order valence-electron chi connectivity index (χ1n) is 6.70. The fraction of sp³-hybridized carbons (Fsp3) is 0.625. The summed E-state index contributed by atoms with van der Waals surface area (Å²) < 4.78 is 5.62. The van der Waals surface area contributed by atoms with Crippen LogP contribution in [-0.2, 0) is 4.74 Å². The van der Waals surface area contributed by atoms with E-state index in [4.69, 9.17) is 4.74 Å². The molecule has 1 fully saturated rings. The van der Waals surface area contributed by atoms with Crippen LogP contribution in [0.3, 0.4) is 0 Å². The molecule has 0 unspecified atom stereocenters. The summed E-state index contributed by atoms with van der Waals surface area (Å²) >= 11 is 3.42. The fourth-order valence-electron chi connectivity index (χ4n) is 2.04. The Morgan fingerprint density at radius 3 is 2.50 bits per heavy atom. The Hall–Kier alpha value is -0.340. The van der Waals surface area contributed by atoms with Gasteiger partial charge in [0.05, 0.1) is 6.10 Å². The molecule has 2 atom stereocenters. The smallest absolute Gasteiger partial charge is 0.110 e. The van der Waals surface area contributed by atoms with Crippen LogP contribution in [0, 0.1) is 0 Å². The third-order valence-electron chi connectivity index (χ3n) is 3.64. The van der Waals surface area contributed by atoms with Gasteiger partial charge in [-0.2, -0.15) is 0 Å². The van der Waals surface area contributed by atoms with Gasteiger partial charge in [-0.25, -0.2) is 0 Å². The van der Waals surface area contributed by atoms with Crippen molar-refractivity contribution < 1.29 is 4.74 Å². The quantitative estimate of drug-likeness (QED) is 0.342. The second-order valence-electron chi connectivity index (χ2n) is 5.33. The molecule has 0 aliphatic carbocycles. The van der Waals surface area contributed by atoms with Crippen molar-refractivity contribution in [3.8, 4) is 0 Å². The zero-order valence-electron chi connectivity index (χ0n) is 11.8. The van der Waals surface area contributed by atoms with Crippen molar-refractivity contribution in [2.45, 2.75) is 58.2 Å². The molecule has 0 aromatic rings.